The van der Waals surface area contributed by atoms with Crippen molar-refractivity contribution in [2.45, 2.75) is 53.6 Å². The molecule has 0 amide bonds. The van der Waals surface area contributed by atoms with E-state index in [-0.39, 0.29) is 12.1 Å². The van der Waals surface area contributed by atoms with Crippen molar-refractivity contribution in [3.8, 4) is 23.0 Å². The summed E-state index contributed by atoms with van der Waals surface area (Å²) in [6, 6.07) is 12.5. The molecule has 2 rings (SSSR count). The van der Waals surface area contributed by atoms with Crippen molar-refractivity contribution in [2.75, 3.05) is 26.4 Å². The molecule has 1 N–H and O–H groups in total. The molecule has 2 atom stereocenters. The molecule has 0 aromatic heterocycles. The Hall–Kier alpha value is -2.40. The zero-order valence-electron chi connectivity index (χ0n) is 18.6. The van der Waals surface area contributed by atoms with E-state index < -0.39 is 0 Å². The van der Waals surface area contributed by atoms with Crippen LogP contribution in [0.1, 0.15) is 64.8 Å². The third-order valence-corrected chi connectivity index (χ3v) is 4.63. The Balaban J connectivity index is 2.16. The summed E-state index contributed by atoms with van der Waals surface area (Å²) in [4.78, 5) is 0. The molecular formula is C24H35NO4. The second-order valence-electron chi connectivity index (χ2n) is 6.75. The van der Waals surface area contributed by atoms with Crippen molar-refractivity contribution < 1.29 is 18.9 Å². The second-order valence-corrected chi connectivity index (χ2v) is 6.75. The third-order valence-electron chi connectivity index (χ3n) is 4.63. The van der Waals surface area contributed by atoms with Gasteiger partial charge in [-0.2, -0.15) is 0 Å². The van der Waals surface area contributed by atoms with Crippen LogP contribution in [0, 0.1) is 0 Å². The minimum atomic E-state index is 0.141. The maximum atomic E-state index is 5.77. The molecule has 0 bridgehead atoms. The van der Waals surface area contributed by atoms with Gasteiger partial charge < -0.3 is 24.3 Å². The molecule has 5 nitrogen and oxygen atoms in total. The highest BCUT2D eigenvalue weighted by Crippen LogP contribution is 2.33. The van der Waals surface area contributed by atoms with Crippen LogP contribution in [0.15, 0.2) is 36.4 Å². The van der Waals surface area contributed by atoms with E-state index in [2.05, 4.69) is 43.4 Å². The van der Waals surface area contributed by atoms with Crippen LogP contribution in [-0.2, 0) is 0 Å². The fourth-order valence-electron chi connectivity index (χ4n) is 3.24. The molecule has 29 heavy (non-hydrogen) atoms. The highest BCUT2D eigenvalue weighted by atomic mass is 16.5. The first-order valence-corrected chi connectivity index (χ1v) is 10.6. The van der Waals surface area contributed by atoms with Crippen molar-refractivity contribution >= 4 is 0 Å². The molecule has 0 saturated carbocycles. The average molecular weight is 402 g/mol. The molecule has 0 radical (unpaired) electrons. The molecule has 2 aromatic rings. The van der Waals surface area contributed by atoms with E-state index in [9.17, 15) is 0 Å². The summed E-state index contributed by atoms with van der Waals surface area (Å²) < 4.78 is 22.9. The lowest BCUT2D eigenvalue weighted by molar-refractivity contribution is 0.286. The van der Waals surface area contributed by atoms with E-state index in [0.717, 1.165) is 34.1 Å². The lowest BCUT2D eigenvalue weighted by atomic mass is 10.0. The molecule has 160 valence electrons. The van der Waals surface area contributed by atoms with Crippen molar-refractivity contribution in [3.05, 3.63) is 47.5 Å². The molecule has 0 spiro atoms. The zero-order valence-corrected chi connectivity index (χ0v) is 18.6. The van der Waals surface area contributed by atoms with Crippen molar-refractivity contribution in [2.24, 2.45) is 0 Å². The first-order chi connectivity index (χ1) is 14.0. The van der Waals surface area contributed by atoms with Gasteiger partial charge in [0.1, 0.15) is 0 Å². The molecule has 0 aliphatic carbocycles. The van der Waals surface area contributed by atoms with Gasteiger partial charge in [-0.05, 0) is 76.9 Å². The average Bonchev–Trinajstić information content (AvgIpc) is 2.71. The van der Waals surface area contributed by atoms with E-state index >= 15 is 0 Å². The van der Waals surface area contributed by atoms with Gasteiger partial charge in [0, 0.05) is 12.1 Å². The lowest BCUT2D eigenvalue weighted by Gasteiger charge is -2.23. The molecule has 0 heterocycles. The Labute approximate surface area is 175 Å². The topological polar surface area (TPSA) is 49.0 Å². The minimum Gasteiger partial charge on any atom is -0.490 e. The van der Waals surface area contributed by atoms with Gasteiger partial charge in [-0.3, -0.25) is 0 Å². The lowest BCUT2D eigenvalue weighted by Crippen LogP contribution is -2.22. The number of hydrogen-bond acceptors (Lipinski definition) is 5. The summed E-state index contributed by atoms with van der Waals surface area (Å²) in [6.07, 6.45) is 0. The summed E-state index contributed by atoms with van der Waals surface area (Å²) in [5.41, 5.74) is 2.31. The van der Waals surface area contributed by atoms with Crippen LogP contribution < -0.4 is 24.3 Å². The quantitative estimate of drug-likeness (QED) is 0.495. The van der Waals surface area contributed by atoms with E-state index in [0.29, 0.717) is 26.4 Å². The Bertz CT molecular complexity index is 699. The highest BCUT2D eigenvalue weighted by Gasteiger charge is 2.16. The number of hydrogen-bond donors (Lipinski definition) is 1. The molecule has 2 unspecified atom stereocenters. The first kappa shape index (κ1) is 22.9. The van der Waals surface area contributed by atoms with Crippen LogP contribution in [0.4, 0.5) is 0 Å². The SMILES string of the molecule is CCOc1ccc(C(C)NC(C)c2ccc(OCC)c(OCC)c2)cc1OCC. The van der Waals surface area contributed by atoms with E-state index in [4.69, 9.17) is 18.9 Å². The summed E-state index contributed by atoms with van der Waals surface area (Å²) in [7, 11) is 0. The first-order valence-electron chi connectivity index (χ1n) is 10.6. The van der Waals surface area contributed by atoms with Gasteiger partial charge in [0.25, 0.3) is 0 Å². The van der Waals surface area contributed by atoms with Crippen LogP contribution in [-0.4, -0.2) is 26.4 Å². The Morgan fingerprint density at radius 2 is 0.931 bits per heavy atom. The fraction of sp³-hybridized carbons (Fsp3) is 0.500. The maximum absolute atomic E-state index is 5.77. The third kappa shape index (κ3) is 6.29. The Morgan fingerprint density at radius 3 is 1.28 bits per heavy atom. The number of rotatable bonds is 12. The van der Waals surface area contributed by atoms with Crippen LogP contribution in [0.5, 0.6) is 23.0 Å². The van der Waals surface area contributed by atoms with Gasteiger partial charge >= 0.3 is 0 Å². The number of benzene rings is 2. The summed E-state index contributed by atoms with van der Waals surface area (Å²) >= 11 is 0. The Morgan fingerprint density at radius 1 is 0.586 bits per heavy atom. The molecule has 5 heteroatoms. The van der Waals surface area contributed by atoms with E-state index in [1.165, 1.54) is 0 Å². The predicted molar refractivity (Wildman–Crippen MR) is 118 cm³/mol. The smallest absolute Gasteiger partial charge is 0.161 e. The highest BCUT2D eigenvalue weighted by molar-refractivity contribution is 5.45. The largest absolute Gasteiger partial charge is 0.490 e. The molecule has 2 aromatic carbocycles. The van der Waals surface area contributed by atoms with Crippen molar-refractivity contribution in [1.29, 1.82) is 0 Å². The standard InChI is InChI=1S/C24H35NO4/c1-7-26-21-13-11-19(15-23(21)28-9-3)17(5)25-18(6)20-12-14-22(27-8-2)24(16-20)29-10-4/h11-18,25H,7-10H2,1-6H3. The normalized spacial score (nSPS) is 12.9. The van der Waals surface area contributed by atoms with Crippen LogP contribution in [0.2, 0.25) is 0 Å². The van der Waals surface area contributed by atoms with Crippen LogP contribution in [0.25, 0.3) is 0 Å². The van der Waals surface area contributed by atoms with Gasteiger partial charge in [-0.15, -0.1) is 0 Å². The van der Waals surface area contributed by atoms with Gasteiger partial charge in [0.05, 0.1) is 26.4 Å². The van der Waals surface area contributed by atoms with Gasteiger partial charge in [0.2, 0.25) is 0 Å². The monoisotopic (exact) mass is 401 g/mol. The number of nitrogens with one attached hydrogen (secondary N) is 1. The Kier molecular flexibility index (Phi) is 9.13. The molecular weight excluding hydrogens is 366 g/mol. The second kappa shape index (κ2) is 11.6. The van der Waals surface area contributed by atoms with Crippen molar-refractivity contribution in [3.63, 3.8) is 0 Å². The van der Waals surface area contributed by atoms with Crippen LogP contribution in [0.3, 0.4) is 0 Å². The molecule has 0 saturated heterocycles. The fourth-order valence-corrected chi connectivity index (χ4v) is 3.24. The van der Waals surface area contributed by atoms with E-state index in [1.807, 2.05) is 39.8 Å². The summed E-state index contributed by atoms with van der Waals surface area (Å²) in [6.45, 7) is 14.7. The summed E-state index contributed by atoms with van der Waals surface area (Å²) in [5.74, 6) is 3.14. The van der Waals surface area contributed by atoms with Gasteiger partial charge in [0.15, 0.2) is 23.0 Å². The minimum absolute atomic E-state index is 0.141. The van der Waals surface area contributed by atoms with Crippen molar-refractivity contribution in [1.82, 2.24) is 5.32 Å². The van der Waals surface area contributed by atoms with Gasteiger partial charge in [-0.25, -0.2) is 0 Å². The van der Waals surface area contributed by atoms with Gasteiger partial charge in [-0.1, -0.05) is 12.1 Å². The zero-order chi connectivity index (χ0) is 21.2. The molecule has 0 aliphatic heterocycles. The predicted octanol–water partition coefficient (Wildman–Crippen LogP) is 5.69. The maximum Gasteiger partial charge on any atom is 0.161 e. The van der Waals surface area contributed by atoms with Crippen LogP contribution >= 0.6 is 0 Å². The molecule has 0 fully saturated rings. The molecule has 0 aliphatic rings. The number of ether oxygens (including phenoxy) is 4. The summed E-state index contributed by atoms with van der Waals surface area (Å²) in [5, 5.41) is 3.66. The van der Waals surface area contributed by atoms with E-state index in [1.54, 1.807) is 0 Å².